The molecule has 4 heteroatoms. The van der Waals surface area contributed by atoms with Crippen molar-refractivity contribution in [3.8, 4) is 6.07 Å². The summed E-state index contributed by atoms with van der Waals surface area (Å²) in [5, 5.41) is 22.0. The van der Waals surface area contributed by atoms with Crippen molar-refractivity contribution in [2.24, 2.45) is 0 Å². The molecule has 2 aromatic carbocycles. The molecule has 29 heavy (non-hydrogen) atoms. The Bertz CT molecular complexity index is 823. The van der Waals surface area contributed by atoms with E-state index in [4.69, 9.17) is 5.26 Å². The highest BCUT2D eigenvalue weighted by molar-refractivity contribution is 5.68. The minimum absolute atomic E-state index is 0.0212. The minimum Gasteiger partial charge on any atom is -0.481 e. The number of aliphatic carboxylic acids is 1. The molecule has 0 radical (unpaired) electrons. The van der Waals surface area contributed by atoms with Crippen molar-refractivity contribution >= 4 is 11.7 Å². The van der Waals surface area contributed by atoms with Gasteiger partial charge in [0.2, 0.25) is 0 Å². The number of carboxylic acids is 1. The van der Waals surface area contributed by atoms with Gasteiger partial charge in [-0.2, -0.15) is 5.26 Å². The molecule has 2 N–H and O–H groups in total. The second kappa shape index (κ2) is 11.3. The Labute approximate surface area is 174 Å². The second-order valence-electron chi connectivity index (χ2n) is 7.70. The Kier molecular flexibility index (Phi) is 8.73. The molecule has 2 aromatic rings. The van der Waals surface area contributed by atoms with Gasteiger partial charge in [-0.3, -0.25) is 4.79 Å². The van der Waals surface area contributed by atoms with Gasteiger partial charge in [0.05, 0.1) is 18.1 Å². The van der Waals surface area contributed by atoms with Gasteiger partial charge in [-0.05, 0) is 54.2 Å². The molecular weight excluding hydrogens is 360 g/mol. The van der Waals surface area contributed by atoms with E-state index in [-0.39, 0.29) is 24.3 Å². The molecule has 0 aliphatic rings. The third kappa shape index (κ3) is 6.35. The molecule has 0 aliphatic heterocycles. The smallest absolute Gasteiger partial charge is 0.303 e. The molecule has 0 heterocycles. The highest BCUT2D eigenvalue weighted by atomic mass is 16.4. The molecule has 3 unspecified atom stereocenters. The number of nitriles is 1. The van der Waals surface area contributed by atoms with E-state index in [1.807, 2.05) is 36.4 Å². The number of nitrogens with one attached hydrogen (secondary N) is 1. The highest BCUT2D eigenvalue weighted by Gasteiger charge is 2.24. The fourth-order valence-electron chi connectivity index (χ4n) is 3.93. The van der Waals surface area contributed by atoms with Gasteiger partial charge in [0.1, 0.15) is 0 Å². The van der Waals surface area contributed by atoms with Gasteiger partial charge in [0.25, 0.3) is 0 Å². The van der Waals surface area contributed by atoms with Crippen molar-refractivity contribution in [1.82, 2.24) is 0 Å². The van der Waals surface area contributed by atoms with Gasteiger partial charge < -0.3 is 10.4 Å². The third-order valence-corrected chi connectivity index (χ3v) is 5.68. The number of hydrogen-bond donors (Lipinski definition) is 2. The molecule has 3 atom stereocenters. The molecule has 2 rings (SSSR count). The highest BCUT2D eigenvalue weighted by Crippen LogP contribution is 2.34. The van der Waals surface area contributed by atoms with E-state index < -0.39 is 5.97 Å². The summed E-state index contributed by atoms with van der Waals surface area (Å²) < 4.78 is 0. The second-order valence-corrected chi connectivity index (χ2v) is 7.70. The number of unbranched alkanes of at least 4 members (excludes halogenated alkanes) is 1. The lowest BCUT2D eigenvalue weighted by Gasteiger charge is -2.30. The number of hydrogen-bond acceptors (Lipinski definition) is 3. The number of nitrogens with zero attached hydrogens (tertiary/aromatic N) is 1. The molecule has 0 amide bonds. The van der Waals surface area contributed by atoms with Gasteiger partial charge in [-0.25, -0.2) is 0 Å². The lowest BCUT2D eigenvalue weighted by Crippen LogP contribution is -2.27. The number of benzene rings is 2. The summed E-state index contributed by atoms with van der Waals surface area (Å²) in [6.45, 7) is 6.47. The van der Waals surface area contributed by atoms with Gasteiger partial charge in [-0.15, -0.1) is 0 Å². The van der Waals surface area contributed by atoms with Crippen LogP contribution in [0, 0.1) is 11.3 Å². The molecule has 0 aliphatic carbocycles. The quantitative estimate of drug-likeness (QED) is 0.470. The Balaban J connectivity index is 2.31. The monoisotopic (exact) mass is 392 g/mol. The van der Waals surface area contributed by atoms with Crippen LogP contribution >= 0.6 is 0 Å². The van der Waals surface area contributed by atoms with E-state index in [1.165, 1.54) is 5.56 Å². The molecular formula is C25H32N2O2. The predicted octanol–water partition coefficient (Wildman–Crippen LogP) is 6.30. The molecule has 0 spiro atoms. The maximum atomic E-state index is 11.4. The van der Waals surface area contributed by atoms with Crippen LogP contribution in [0.4, 0.5) is 5.69 Å². The van der Waals surface area contributed by atoms with Crippen LogP contribution in [0.3, 0.4) is 0 Å². The summed E-state index contributed by atoms with van der Waals surface area (Å²) in [7, 11) is 0. The van der Waals surface area contributed by atoms with Crippen LogP contribution < -0.4 is 5.32 Å². The van der Waals surface area contributed by atoms with Crippen molar-refractivity contribution in [2.45, 2.75) is 70.8 Å². The van der Waals surface area contributed by atoms with Crippen LogP contribution in [0.15, 0.2) is 48.5 Å². The zero-order valence-electron chi connectivity index (χ0n) is 17.7. The average Bonchev–Trinajstić information content (AvgIpc) is 2.74. The maximum Gasteiger partial charge on any atom is 0.303 e. The van der Waals surface area contributed by atoms with Crippen LogP contribution in [0.2, 0.25) is 0 Å². The van der Waals surface area contributed by atoms with E-state index in [0.29, 0.717) is 5.56 Å². The first-order valence-electron chi connectivity index (χ1n) is 10.6. The number of carbonyl (C=O) groups is 1. The van der Waals surface area contributed by atoms with Gasteiger partial charge in [0, 0.05) is 17.6 Å². The number of anilines is 1. The summed E-state index contributed by atoms with van der Waals surface area (Å²) in [6, 6.07) is 18.2. The van der Waals surface area contributed by atoms with Crippen molar-refractivity contribution in [1.29, 1.82) is 5.26 Å². The van der Waals surface area contributed by atoms with E-state index in [1.54, 1.807) is 0 Å². The molecule has 4 nitrogen and oxygen atoms in total. The zero-order valence-corrected chi connectivity index (χ0v) is 17.7. The molecule has 0 aromatic heterocycles. The van der Waals surface area contributed by atoms with Crippen LogP contribution in [0.25, 0.3) is 0 Å². The Morgan fingerprint density at radius 1 is 1.10 bits per heavy atom. The molecule has 0 fully saturated rings. The number of rotatable bonds is 11. The summed E-state index contributed by atoms with van der Waals surface area (Å²) in [5.74, 6) is -0.498. The average molecular weight is 393 g/mol. The molecule has 0 saturated carbocycles. The Hall–Kier alpha value is -2.80. The van der Waals surface area contributed by atoms with Crippen molar-refractivity contribution in [3.63, 3.8) is 0 Å². The first kappa shape index (κ1) is 22.5. The Morgan fingerprint density at radius 3 is 2.31 bits per heavy atom. The van der Waals surface area contributed by atoms with Gasteiger partial charge in [-0.1, -0.05) is 57.9 Å². The molecule has 154 valence electrons. The normalized spacial score (nSPS) is 13.9. The molecule has 0 bridgehead atoms. The van der Waals surface area contributed by atoms with Crippen LogP contribution in [-0.4, -0.2) is 17.1 Å². The zero-order chi connectivity index (χ0) is 21.2. The van der Waals surface area contributed by atoms with Crippen LogP contribution in [0.5, 0.6) is 0 Å². The van der Waals surface area contributed by atoms with Crippen molar-refractivity contribution < 1.29 is 9.90 Å². The standard InChI is InChI=1S/C25H32N2O2/c1-4-6-11-24(27-21-14-12-19(17-26)13-15-21)18(3)22-9-7-8-10-23(22)20(5-2)16-25(28)29/h7-10,12-15,18,20,24,27H,4-6,11,16H2,1-3H3,(H,28,29). The third-order valence-electron chi connectivity index (χ3n) is 5.68. The topological polar surface area (TPSA) is 73.1 Å². The maximum absolute atomic E-state index is 11.4. The summed E-state index contributed by atoms with van der Waals surface area (Å²) in [4.78, 5) is 11.4. The fourth-order valence-corrected chi connectivity index (χ4v) is 3.93. The predicted molar refractivity (Wildman–Crippen MR) is 118 cm³/mol. The van der Waals surface area contributed by atoms with Crippen molar-refractivity contribution in [3.05, 3.63) is 65.2 Å². The lowest BCUT2D eigenvalue weighted by atomic mass is 9.81. The van der Waals surface area contributed by atoms with Gasteiger partial charge in [0.15, 0.2) is 0 Å². The van der Waals surface area contributed by atoms with Crippen LogP contribution in [0.1, 0.15) is 81.4 Å². The first-order valence-corrected chi connectivity index (χ1v) is 10.6. The van der Waals surface area contributed by atoms with E-state index in [0.717, 1.165) is 36.9 Å². The Morgan fingerprint density at radius 2 is 1.76 bits per heavy atom. The van der Waals surface area contributed by atoms with Crippen LogP contribution in [-0.2, 0) is 4.79 Å². The molecule has 0 saturated heterocycles. The van der Waals surface area contributed by atoms with Gasteiger partial charge >= 0.3 is 5.97 Å². The van der Waals surface area contributed by atoms with E-state index in [2.05, 4.69) is 44.3 Å². The lowest BCUT2D eigenvalue weighted by molar-refractivity contribution is -0.137. The fraction of sp³-hybridized carbons (Fsp3) is 0.440. The van der Waals surface area contributed by atoms with E-state index >= 15 is 0 Å². The largest absolute Gasteiger partial charge is 0.481 e. The summed E-state index contributed by atoms with van der Waals surface area (Å²) in [6.07, 6.45) is 4.23. The number of carboxylic acid groups (broad SMARTS) is 1. The van der Waals surface area contributed by atoms with Crippen molar-refractivity contribution in [2.75, 3.05) is 5.32 Å². The minimum atomic E-state index is -0.752. The summed E-state index contributed by atoms with van der Waals surface area (Å²) in [5.41, 5.74) is 4.03. The summed E-state index contributed by atoms with van der Waals surface area (Å²) >= 11 is 0. The SMILES string of the molecule is CCCCC(Nc1ccc(C#N)cc1)C(C)c1ccccc1C(CC)CC(=O)O. The first-order chi connectivity index (χ1) is 14.0. The van der Waals surface area contributed by atoms with E-state index in [9.17, 15) is 9.90 Å².